The van der Waals surface area contributed by atoms with Gasteiger partial charge in [-0.05, 0) is 49.7 Å². The summed E-state index contributed by atoms with van der Waals surface area (Å²) in [5.74, 6) is 0.538. The topological polar surface area (TPSA) is 74.2 Å². The van der Waals surface area contributed by atoms with Crippen LogP contribution < -0.4 is 15.0 Å². The van der Waals surface area contributed by atoms with E-state index >= 15 is 0 Å². The highest BCUT2D eigenvalue weighted by Gasteiger charge is 2.41. The quantitative estimate of drug-likeness (QED) is 0.797. The Kier molecular flexibility index (Phi) is 5.67. The minimum atomic E-state index is -0.453. The van der Waals surface area contributed by atoms with Crippen molar-refractivity contribution in [3.8, 4) is 5.75 Å². The van der Waals surface area contributed by atoms with Gasteiger partial charge in [0.2, 0.25) is 11.8 Å². The van der Waals surface area contributed by atoms with Crippen LogP contribution in [0.4, 0.5) is 11.4 Å². The molecule has 0 aliphatic carbocycles. The van der Waals surface area contributed by atoms with Crippen LogP contribution in [0.1, 0.15) is 17.5 Å². The molecule has 1 N–H and O–H groups in total. The number of benzene rings is 2. The van der Waals surface area contributed by atoms with Crippen LogP contribution in [0.5, 0.6) is 5.75 Å². The number of thioether (sulfide) groups is 1. The van der Waals surface area contributed by atoms with E-state index in [0.29, 0.717) is 18.5 Å². The lowest BCUT2D eigenvalue weighted by atomic mass is 10.1. The van der Waals surface area contributed by atoms with E-state index in [1.807, 2.05) is 61.2 Å². The van der Waals surface area contributed by atoms with Gasteiger partial charge in [0.25, 0.3) is 0 Å². The van der Waals surface area contributed by atoms with E-state index in [4.69, 9.17) is 4.74 Å². The number of carbonyl (C=O) groups excluding carboxylic acids is 2. The molecule has 0 radical (unpaired) electrons. The number of amides is 2. The molecule has 0 saturated carbocycles. The highest BCUT2D eigenvalue weighted by Crippen LogP contribution is 2.33. The summed E-state index contributed by atoms with van der Waals surface area (Å²) in [6, 6.07) is 13.5. The Hall–Kier alpha value is -3.00. The lowest BCUT2D eigenvalue weighted by Crippen LogP contribution is -2.46. The van der Waals surface area contributed by atoms with Crippen molar-refractivity contribution in [2.75, 3.05) is 30.7 Å². The van der Waals surface area contributed by atoms with Crippen molar-refractivity contribution in [2.24, 2.45) is 4.99 Å². The fraction of sp³-hybridized carbons (Fsp3) is 0.318. The Morgan fingerprint density at radius 3 is 2.70 bits per heavy atom. The molecule has 0 spiro atoms. The standard InChI is InChI=1S/C22H24N4O3S/c1-14-4-9-18(15(2)10-14)24-20(27)11-19-21(28)26-13-25(12-23-22(26)30-19)16-5-7-17(29-3)8-6-16/h4-10,19H,11-13H2,1-3H3,(H,24,27)/t19-/m1/s1. The summed E-state index contributed by atoms with van der Waals surface area (Å²) in [6.45, 7) is 4.87. The van der Waals surface area contributed by atoms with E-state index in [0.717, 1.165) is 28.3 Å². The van der Waals surface area contributed by atoms with E-state index in [1.54, 1.807) is 12.0 Å². The van der Waals surface area contributed by atoms with E-state index in [-0.39, 0.29) is 18.2 Å². The molecule has 8 heteroatoms. The number of aryl methyl sites for hydroxylation is 2. The van der Waals surface area contributed by atoms with Gasteiger partial charge in [-0.1, -0.05) is 29.5 Å². The molecule has 1 fully saturated rings. The number of hydrogen-bond donors (Lipinski definition) is 1. The second kappa shape index (κ2) is 8.39. The van der Waals surface area contributed by atoms with Gasteiger partial charge in [0.05, 0.1) is 7.11 Å². The minimum Gasteiger partial charge on any atom is -0.497 e. The maximum absolute atomic E-state index is 12.9. The molecule has 2 aliphatic heterocycles. The normalized spacial score (nSPS) is 18.2. The molecule has 2 heterocycles. The molecule has 156 valence electrons. The summed E-state index contributed by atoms with van der Waals surface area (Å²) in [6.07, 6.45) is 0.120. The molecule has 7 nitrogen and oxygen atoms in total. The zero-order valence-electron chi connectivity index (χ0n) is 17.2. The predicted octanol–water partition coefficient (Wildman–Crippen LogP) is 3.38. The summed E-state index contributed by atoms with van der Waals surface area (Å²) < 4.78 is 5.20. The monoisotopic (exact) mass is 424 g/mol. The number of aliphatic imine (C=N–C) groups is 1. The van der Waals surface area contributed by atoms with Gasteiger partial charge in [-0.25, -0.2) is 4.99 Å². The smallest absolute Gasteiger partial charge is 0.244 e. The van der Waals surface area contributed by atoms with Gasteiger partial charge in [0.1, 0.15) is 24.3 Å². The van der Waals surface area contributed by atoms with Crippen LogP contribution in [0.25, 0.3) is 0 Å². The molecule has 4 rings (SSSR count). The molecule has 0 aromatic heterocycles. The number of ether oxygens (including phenoxy) is 1. The third kappa shape index (κ3) is 4.14. The number of nitrogens with zero attached hydrogens (tertiary/aromatic N) is 3. The van der Waals surface area contributed by atoms with Gasteiger partial charge >= 0.3 is 0 Å². The zero-order chi connectivity index (χ0) is 21.3. The lowest BCUT2D eigenvalue weighted by molar-refractivity contribution is -0.128. The molecule has 2 amide bonds. The first-order valence-electron chi connectivity index (χ1n) is 9.73. The van der Waals surface area contributed by atoms with Crippen LogP contribution in [-0.2, 0) is 9.59 Å². The van der Waals surface area contributed by atoms with Crippen LogP contribution in [-0.4, -0.2) is 47.6 Å². The summed E-state index contributed by atoms with van der Waals surface area (Å²) >= 11 is 1.37. The number of fused-ring (bicyclic) bond motifs is 1. The molecular formula is C22H24N4O3S. The van der Waals surface area contributed by atoms with Gasteiger partial charge in [-0.3, -0.25) is 14.5 Å². The molecule has 0 unspecified atom stereocenters. The highest BCUT2D eigenvalue weighted by molar-refractivity contribution is 8.15. The Morgan fingerprint density at radius 2 is 2.00 bits per heavy atom. The van der Waals surface area contributed by atoms with Gasteiger partial charge in [-0.2, -0.15) is 0 Å². The minimum absolute atomic E-state index is 0.0762. The first kappa shape index (κ1) is 20.3. The molecule has 0 bridgehead atoms. The fourth-order valence-corrected chi connectivity index (χ4v) is 4.66. The highest BCUT2D eigenvalue weighted by atomic mass is 32.2. The van der Waals surface area contributed by atoms with Crippen molar-refractivity contribution < 1.29 is 14.3 Å². The summed E-state index contributed by atoms with van der Waals surface area (Å²) in [4.78, 5) is 33.7. The number of nitrogens with one attached hydrogen (secondary N) is 1. The molecule has 1 atom stereocenters. The second-order valence-corrected chi connectivity index (χ2v) is 8.57. The van der Waals surface area contributed by atoms with Crippen molar-refractivity contribution in [2.45, 2.75) is 25.5 Å². The number of anilines is 2. The van der Waals surface area contributed by atoms with Crippen LogP contribution in [0.3, 0.4) is 0 Å². The van der Waals surface area contributed by atoms with Crippen LogP contribution in [0.2, 0.25) is 0 Å². The number of amidine groups is 1. The average molecular weight is 425 g/mol. The Balaban J connectivity index is 1.39. The lowest BCUT2D eigenvalue weighted by Gasteiger charge is -2.32. The number of hydrogen-bond acceptors (Lipinski definition) is 6. The van der Waals surface area contributed by atoms with E-state index in [9.17, 15) is 9.59 Å². The van der Waals surface area contributed by atoms with Crippen LogP contribution in [0, 0.1) is 13.8 Å². The van der Waals surface area contributed by atoms with Crippen molar-refractivity contribution in [3.05, 3.63) is 53.6 Å². The first-order valence-corrected chi connectivity index (χ1v) is 10.6. The number of rotatable bonds is 5. The van der Waals surface area contributed by atoms with Gasteiger partial charge in [0, 0.05) is 17.8 Å². The SMILES string of the molecule is COc1ccc(N2CN=C3S[C@H](CC(=O)Nc4ccc(C)cc4C)C(=O)N3C2)cc1. The van der Waals surface area contributed by atoms with E-state index in [2.05, 4.69) is 10.3 Å². The zero-order valence-corrected chi connectivity index (χ0v) is 18.0. The number of carbonyl (C=O) groups is 2. The van der Waals surface area contributed by atoms with Crippen molar-refractivity contribution in [1.82, 2.24) is 4.90 Å². The van der Waals surface area contributed by atoms with Crippen molar-refractivity contribution >= 4 is 40.1 Å². The summed E-state index contributed by atoms with van der Waals surface area (Å²) in [7, 11) is 1.63. The number of methoxy groups -OCH3 is 1. The van der Waals surface area contributed by atoms with Gasteiger partial charge < -0.3 is 15.0 Å². The molecule has 30 heavy (non-hydrogen) atoms. The van der Waals surface area contributed by atoms with Gasteiger partial charge in [-0.15, -0.1) is 0 Å². The fourth-order valence-electron chi connectivity index (χ4n) is 3.53. The Bertz CT molecular complexity index is 1010. The van der Waals surface area contributed by atoms with Crippen LogP contribution in [0.15, 0.2) is 47.5 Å². The first-order chi connectivity index (χ1) is 14.4. The molecule has 1 saturated heterocycles. The Labute approximate surface area is 180 Å². The maximum atomic E-state index is 12.9. The van der Waals surface area contributed by atoms with E-state index in [1.165, 1.54) is 11.8 Å². The maximum Gasteiger partial charge on any atom is 0.244 e. The molecular weight excluding hydrogens is 400 g/mol. The third-order valence-electron chi connectivity index (χ3n) is 5.17. The summed E-state index contributed by atoms with van der Waals surface area (Å²) in [5, 5.41) is 3.16. The van der Waals surface area contributed by atoms with Crippen molar-refractivity contribution in [3.63, 3.8) is 0 Å². The van der Waals surface area contributed by atoms with Gasteiger partial charge in [0.15, 0.2) is 5.17 Å². The second-order valence-electron chi connectivity index (χ2n) is 7.40. The molecule has 2 aliphatic rings. The average Bonchev–Trinajstić information content (AvgIpc) is 3.05. The predicted molar refractivity (Wildman–Crippen MR) is 120 cm³/mol. The molecule has 2 aromatic rings. The Morgan fingerprint density at radius 1 is 1.23 bits per heavy atom. The van der Waals surface area contributed by atoms with E-state index < -0.39 is 5.25 Å². The van der Waals surface area contributed by atoms with Crippen molar-refractivity contribution in [1.29, 1.82) is 0 Å². The van der Waals surface area contributed by atoms with Crippen LogP contribution >= 0.6 is 11.8 Å². The third-order valence-corrected chi connectivity index (χ3v) is 6.39. The largest absolute Gasteiger partial charge is 0.497 e. The summed E-state index contributed by atoms with van der Waals surface area (Å²) in [5.41, 5.74) is 3.89. The molecule has 2 aromatic carbocycles.